The molecule has 0 aliphatic carbocycles. The van der Waals surface area contributed by atoms with Crippen molar-refractivity contribution in [1.82, 2.24) is 25.1 Å². The van der Waals surface area contributed by atoms with Crippen LogP contribution in [0.2, 0.25) is 0 Å². The van der Waals surface area contributed by atoms with Crippen molar-refractivity contribution in [3.63, 3.8) is 0 Å². The van der Waals surface area contributed by atoms with Gasteiger partial charge in [0.05, 0.1) is 11.7 Å². The lowest BCUT2D eigenvalue weighted by molar-refractivity contribution is 0.206. The number of para-hydroxylation sites is 1. The van der Waals surface area contributed by atoms with Crippen molar-refractivity contribution in [2.24, 2.45) is 0 Å². The van der Waals surface area contributed by atoms with Gasteiger partial charge >= 0.3 is 6.03 Å². The maximum absolute atomic E-state index is 13.5. The zero-order chi connectivity index (χ0) is 19.7. The van der Waals surface area contributed by atoms with E-state index >= 15 is 0 Å². The van der Waals surface area contributed by atoms with Crippen LogP contribution in [0.3, 0.4) is 0 Å². The van der Waals surface area contributed by atoms with Crippen molar-refractivity contribution < 1.29 is 9.18 Å². The van der Waals surface area contributed by atoms with Gasteiger partial charge in [-0.15, -0.1) is 5.10 Å². The van der Waals surface area contributed by atoms with E-state index in [1.807, 2.05) is 38.1 Å². The molecule has 0 saturated heterocycles. The Bertz CT molecular complexity index is 1020. The summed E-state index contributed by atoms with van der Waals surface area (Å²) in [5.74, 6) is 0.309. The molecule has 2 aromatic carbocycles. The van der Waals surface area contributed by atoms with Crippen LogP contribution in [-0.4, -0.2) is 37.7 Å². The molecule has 0 atom stereocenters. The molecular weight excluding hydrogens is 359 g/mol. The van der Waals surface area contributed by atoms with Gasteiger partial charge in [0.25, 0.3) is 0 Å². The zero-order valence-electron chi connectivity index (χ0n) is 15.8. The molecule has 4 rings (SSSR count). The average molecular weight is 380 g/mol. The predicted molar refractivity (Wildman–Crippen MR) is 103 cm³/mol. The molecule has 0 bridgehead atoms. The molecular formula is C20H21FN6O. The number of urea groups is 1. The van der Waals surface area contributed by atoms with Gasteiger partial charge in [-0.05, 0) is 66.1 Å². The third kappa shape index (κ3) is 3.45. The van der Waals surface area contributed by atoms with Gasteiger partial charge in [-0.3, -0.25) is 0 Å². The summed E-state index contributed by atoms with van der Waals surface area (Å²) in [5, 5.41) is 14.9. The van der Waals surface area contributed by atoms with E-state index in [1.165, 1.54) is 12.1 Å². The van der Waals surface area contributed by atoms with E-state index in [1.54, 1.807) is 15.6 Å². The molecule has 3 aromatic rings. The van der Waals surface area contributed by atoms with Crippen LogP contribution in [-0.2, 0) is 13.0 Å². The van der Waals surface area contributed by atoms with Crippen LogP contribution in [0.5, 0.6) is 0 Å². The molecule has 0 radical (unpaired) electrons. The third-order valence-corrected chi connectivity index (χ3v) is 4.86. The lowest BCUT2D eigenvalue weighted by atomic mass is 10.00. The Morgan fingerprint density at radius 2 is 2.00 bits per heavy atom. The molecule has 2 amide bonds. The van der Waals surface area contributed by atoms with Crippen molar-refractivity contribution in [3.05, 3.63) is 59.4 Å². The van der Waals surface area contributed by atoms with E-state index < -0.39 is 0 Å². The van der Waals surface area contributed by atoms with Crippen molar-refractivity contribution in [2.75, 3.05) is 11.9 Å². The number of fused-ring (bicyclic) bond motifs is 1. The number of carbonyl (C=O) groups excluding carboxylic acids is 1. The minimum absolute atomic E-state index is 0.0854. The first kappa shape index (κ1) is 18.1. The standard InChI is InChI=1S/C20H21FN6O/c1-13(2)27-19(23-24-25-27)17-5-3-4-6-18(17)22-20(28)26-10-9-14-7-8-16(21)11-15(14)12-26/h3-8,11,13H,9-10,12H2,1-2H3,(H,22,28). The van der Waals surface area contributed by atoms with Gasteiger partial charge in [0.15, 0.2) is 5.82 Å². The molecule has 8 heteroatoms. The Balaban J connectivity index is 1.57. The highest BCUT2D eigenvalue weighted by atomic mass is 19.1. The van der Waals surface area contributed by atoms with E-state index in [2.05, 4.69) is 20.8 Å². The number of benzene rings is 2. The van der Waals surface area contributed by atoms with Gasteiger partial charge in [0.2, 0.25) is 0 Å². The van der Waals surface area contributed by atoms with E-state index in [0.717, 1.165) is 16.7 Å². The number of carbonyl (C=O) groups is 1. The van der Waals surface area contributed by atoms with Crippen molar-refractivity contribution in [1.29, 1.82) is 0 Å². The summed E-state index contributed by atoms with van der Waals surface area (Å²) in [6.45, 7) is 4.94. The average Bonchev–Trinajstić information content (AvgIpc) is 3.17. The maximum Gasteiger partial charge on any atom is 0.322 e. The molecule has 1 aliphatic rings. The van der Waals surface area contributed by atoms with E-state index in [9.17, 15) is 9.18 Å². The highest BCUT2D eigenvalue weighted by Gasteiger charge is 2.23. The minimum atomic E-state index is -0.285. The quantitative estimate of drug-likeness (QED) is 0.753. The fourth-order valence-corrected chi connectivity index (χ4v) is 3.40. The fourth-order valence-electron chi connectivity index (χ4n) is 3.40. The Morgan fingerprint density at radius 3 is 2.82 bits per heavy atom. The summed E-state index contributed by atoms with van der Waals surface area (Å²) in [7, 11) is 0. The van der Waals surface area contributed by atoms with Crippen LogP contribution >= 0.6 is 0 Å². The lowest BCUT2D eigenvalue weighted by Crippen LogP contribution is -2.39. The first-order valence-corrected chi connectivity index (χ1v) is 9.23. The third-order valence-electron chi connectivity index (χ3n) is 4.86. The molecule has 1 aromatic heterocycles. The molecule has 1 N–H and O–H groups in total. The Morgan fingerprint density at radius 1 is 1.18 bits per heavy atom. The number of hydrogen-bond acceptors (Lipinski definition) is 4. The predicted octanol–water partition coefficient (Wildman–Crippen LogP) is 3.65. The summed E-state index contributed by atoms with van der Waals surface area (Å²) in [4.78, 5) is 14.5. The number of tetrazole rings is 1. The van der Waals surface area contributed by atoms with Gasteiger partial charge in [-0.2, -0.15) is 0 Å². The molecule has 0 spiro atoms. The van der Waals surface area contributed by atoms with Crippen molar-refractivity contribution >= 4 is 11.7 Å². The van der Waals surface area contributed by atoms with Crippen LogP contribution in [0.1, 0.15) is 31.0 Å². The number of hydrogen-bond donors (Lipinski definition) is 1. The molecule has 0 saturated carbocycles. The number of anilines is 1. The van der Waals surface area contributed by atoms with E-state index in [4.69, 9.17) is 0 Å². The Labute approximate surface area is 162 Å². The first-order valence-electron chi connectivity index (χ1n) is 9.23. The Kier molecular flexibility index (Phi) is 4.77. The number of nitrogens with one attached hydrogen (secondary N) is 1. The van der Waals surface area contributed by atoms with Gasteiger partial charge < -0.3 is 10.2 Å². The molecule has 0 fully saturated rings. The second kappa shape index (κ2) is 7.38. The summed E-state index contributed by atoms with van der Waals surface area (Å²) >= 11 is 0. The largest absolute Gasteiger partial charge is 0.322 e. The van der Waals surface area contributed by atoms with Gasteiger partial charge in [0, 0.05) is 18.7 Å². The van der Waals surface area contributed by atoms with Crippen LogP contribution in [0.25, 0.3) is 11.4 Å². The SMILES string of the molecule is CC(C)n1nnnc1-c1ccccc1NC(=O)N1CCc2ccc(F)cc2C1. The Hall–Kier alpha value is -3.29. The molecule has 1 aliphatic heterocycles. The minimum Gasteiger partial charge on any atom is -0.320 e. The normalized spacial score (nSPS) is 13.5. The second-order valence-electron chi connectivity index (χ2n) is 7.10. The van der Waals surface area contributed by atoms with E-state index in [-0.39, 0.29) is 17.9 Å². The number of halogens is 1. The monoisotopic (exact) mass is 380 g/mol. The van der Waals surface area contributed by atoms with Gasteiger partial charge in [-0.1, -0.05) is 18.2 Å². The summed E-state index contributed by atoms with van der Waals surface area (Å²) in [5.41, 5.74) is 3.31. The first-order chi connectivity index (χ1) is 13.5. The van der Waals surface area contributed by atoms with Crippen LogP contribution in [0.15, 0.2) is 42.5 Å². The number of nitrogens with zero attached hydrogens (tertiary/aromatic N) is 5. The highest BCUT2D eigenvalue weighted by molar-refractivity contribution is 5.93. The number of aromatic nitrogens is 4. The summed E-state index contributed by atoms with van der Waals surface area (Å²) in [6, 6.07) is 12.0. The van der Waals surface area contributed by atoms with Crippen molar-refractivity contribution in [2.45, 2.75) is 32.9 Å². The molecule has 7 nitrogen and oxygen atoms in total. The van der Waals surface area contributed by atoms with Crippen LogP contribution in [0.4, 0.5) is 14.9 Å². The lowest BCUT2D eigenvalue weighted by Gasteiger charge is -2.29. The van der Waals surface area contributed by atoms with Crippen molar-refractivity contribution in [3.8, 4) is 11.4 Å². The molecule has 2 heterocycles. The van der Waals surface area contributed by atoms with Gasteiger partial charge in [-0.25, -0.2) is 13.9 Å². The topological polar surface area (TPSA) is 75.9 Å². The number of amides is 2. The zero-order valence-corrected chi connectivity index (χ0v) is 15.8. The van der Waals surface area contributed by atoms with Crippen LogP contribution in [0, 0.1) is 5.82 Å². The molecule has 0 unspecified atom stereocenters. The van der Waals surface area contributed by atoms with Crippen LogP contribution < -0.4 is 5.32 Å². The summed E-state index contributed by atoms with van der Waals surface area (Å²) < 4.78 is 15.3. The fraction of sp³-hybridized carbons (Fsp3) is 0.300. The summed E-state index contributed by atoms with van der Waals surface area (Å²) in [6.07, 6.45) is 0.705. The molecule has 144 valence electrons. The second-order valence-corrected chi connectivity index (χ2v) is 7.10. The van der Waals surface area contributed by atoms with Gasteiger partial charge in [0.1, 0.15) is 5.82 Å². The smallest absolute Gasteiger partial charge is 0.320 e. The van der Waals surface area contributed by atoms with E-state index in [0.29, 0.717) is 31.0 Å². The number of rotatable bonds is 3. The maximum atomic E-state index is 13.5. The molecule has 28 heavy (non-hydrogen) atoms. The highest BCUT2D eigenvalue weighted by Crippen LogP contribution is 2.28.